The number of methoxy groups -OCH3 is 1. The van der Waals surface area contributed by atoms with Crippen molar-refractivity contribution >= 4 is 39.0 Å². The van der Waals surface area contributed by atoms with E-state index in [0.717, 1.165) is 55.4 Å². The fourth-order valence-corrected chi connectivity index (χ4v) is 4.80. The Hall–Kier alpha value is -4.38. The molecule has 0 spiro atoms. The number of nitrogens with zero attached hydrogens (tertiary/aromatic N) is 1. The zero-order chi connectivity index (χ0) is 25.4. The van der Waals surface area contributed by atoms with Crippen molar-refractivity contribution in [1.82, 2.24) is 4.98 Å². The van der Waals surface area contributed by atoms with Crippen molar-refractivity contribution in [3.63, 3.8) is 0 Å². The number of rotatable bonds is 5. The van der Waals surface area contributed by atoms with Crippen molar-refractivity contribution in [2.75, 3.05) is 12.4 Å². The van der Waals surface area contributed by atoms with Crippen LogP contribution < -0.4 is 10.1 Å². The summed E-state index contributed by atoms with van der Waals surface area (Å²) in [7, 11) is 1.64. The van der Waals surface area contributed by atoms with E-state index in [1.54, 1.807) is 25.6 Å². The lowest BCUT2D eigenvalue weighted by Crippen LogP contribution is -2.08. The van der Waals surface area contributed by atoms with Gasteiger partial charge in [0.1, 0.15) is 11.3 Å². The standard InChI is InChI=1S/C31H28N2O3/c1-18-8-10-24(19(2)13-18)27-17-36-31-21(4)30(35-5)25(16-26(27)31)20(3)14-29(34)33-23-9-11-28-22(15-23)7-6-12-32-28/h6-17H,1-5H3,(H,33,34)/b20-14+. The normalized spacial score (nSPS) is 11.8. The molecule has 5 aromatic rings. The van der Waals surface area contributed by atoms with Gasteiger partial charge in [-0.05, 0) is 74.7 Å². The Bertz CT molecular complexity index is 1660. The number of aromatic nitrogens is 1. The minimum absolute atomic E-state index is 0.211. The first-order valence-corrected chi connectivity index (χ1v) is 11.9. The second kappa shape index (κ2) is 9.34. The van der Waals surface area contributed by atoms with E-state index in [2.05, 4.69) is 48.4 Å². The van der Waals surface area contributed by atoms with E-state index >= 15 is 0 Å². The number of pyridine rings is 1. The SMILES string of the molecule is COc1c(/C(C)=C/C(=O)Nc2ccc3ncccc3c2)cc2c(-c3ccc(C)cc3C)coc2c1C. The number of hydrogen-bond donors (Lipinski definition) is 1. The summed E-state index contributed by atoms with van der Waals surface area (Å²) in [5.41, 5.74) is 9.49. The lowest BCUT2D eigenvalue weighted by molar-refractivity contribution is -0.111. The highest BCUT2D eigenvalue weighted by molar-refractivity contribution is 6.06. The molecule has 2 aromatic heterocycles. The van der Waals surface area contributed by atoms with E-state index in [1.165, 1.54) is 11.1 Å². The molecule has 1 amide bonds. The predicted octanol–water partition coefficient (Wildman–Crippen LogP) is 7.62. The van der Waals surface area contributed by atoms with Gasteiger partial charge in [0.25, 0.3) is 0 Å². The minimum Gasteiger partial charge on any atom is -0.496 e. The van der Waals surface area contributed by atoms with Gasteiger partial charge in [-0.1, -0.05) is 29.8 Å². The van der Waals surface area contributed by atoms with Gasteiger partial charge in [-0.3, -0.25) is 9.78 Å². The van der Waals surface area contributed by atoms with Crippen LogP contribution in [-0.2, 0) is 4.79 Å². The Labute approximate surface area is 210 Å². The van der Waals surface area contributed by atoms with Crippen LogP contribution in [0.15, 0.2) is 77.6 Å². The van der Waals surface area contributed by atoms with Gasteiger partial charge in [-0.15, -0.1) is 0 Å². The molecule has 0 aliphatic heterocycles. The zero-order valence-corrected chi connectivity index (χ0v) is 21.1. The van der Waals surface area contributed by atoms with Gasteiger partial charge in [0, 0.05) is 45.4 Å². The molecule has 0 unspecified atom stereocenters. The summed E-state index contributed by atoms with van der Waals surface area (Å²) >= 11 is 0. The molecule has 0 aliphatic carbocycles. The summed E-state index contributed by atoms with van der Waals surface area (Å²) in [6.45, 7) is 8.10. The predicted molar refractivity (Wildman–Crippen MR) is 146 cm³/mol. The number of hydrogen-bond acceptors (Lipinski definition) is 4. The fraction of sp³-hybridized carbons (Fsp3) is 0.161. The maximum absolute atomic E-state index is 12.9. The van der Waals surface area contributed by atoms with E-state index in [0.29, 0.717) is 5.75 Å². The molecule has 0 atom stereocenters. The van der Waals surface area contributed by atoms with Crippen LogP contribution in [-0.4, -0.2) is 18.0 Å². The highest BCUT2D eigenvalue weighted by atomic mass is 16.5. The monoisotopic (exact) mass is 476 g/mol. The molecule has 5 nitrogen and oxygen atoms in total. The highest BCUT2D eigenvalue weighted by Gasteiger charge is 2.19. The molecule has 36 heavy (non-hydrogen) atoms. The van der Waals surface area contributed by atoms with Gasteiger partial charge in [0.05, 0.1) is 18.9 Å². The number of allylic oxidation sites excluding steroid dienone is 1. The van der Waals surface area contributed by atoms with Crippen LogP contribution >= 0.6 is 0 Å². The van der Waals surface area contributed by atoms with E-state index in [4.69, 9.17) is 9.15 Å². The molecule has 0 aliphatic rings. The van der Waals surface area contributed by atoms with E-state index in [9.17, 15) is 4.79 Å². The van der Waals surface area contributed by atoms with Gasteiger partial charge >= 0.3 is 0 Å². The highest BCUT2D eigenvalue weighted by Crippen LogP contribution is 2.41. The number of amides is 1. The Kier molecular flexibility index (Phi) is 6.06. The third kappa shape index (κ3) is 4.24. The number of ether oxygens (including phenoxy) is 1. The third-order valence-corrected chi connectivity index (χ3v) is 6.56. The maximum atomic E-state index is 12.9. The van der Waals surface area contributed by atoms with Crippen LogP contribution in [0.1, 0.15) is 29.2 Å². The largest absolute Gasteiger partial charge is 0.496 e. The van der Waals surface area contributed by atoms with E-state index in [-0.39, 0.29) is 5.91 Å². The molecule has 0 fully saturated rings. The van der Waals surface area contributed by atoms with Crippen LogP contribution in [0.5, 0.6) is 5.75 Å². The number of furan rings is 1. The van der Waals surface area contributed by atoms with Gasteiger partial charge in [-0.2, -0.15) is 0 Å². The Morgan fingerprint density at radius 3 is 2.64 bits per heavy atom. The van der Waals surface area contributed by atoms with Crippen LogP contribution in [0, 0.1) is 20.8 Å². The van der Waals surface area contributed by atoms with E-state index in [1.807, 2.05) is 44.2 Å². The summed E-state index contributed by atoms with van der Waals surface area (Å²) in [6, 6.07) is 18.0. The van der Waals surface area contributed by atoms with Crippen LogP contribution in [0.4, 0.5) is 5.69 Å². The van der Waals surface area contributed by atoms with Gasteiger partial charge in [0.15, 0.2) is 0 Å². The Morgan fingerprint density at radius 2 is 1.86 bits per heavy atom. The minimum atomic E-state index is -0.211. The number of aryl methyl sites for hydroxylation is 3. The molecule has 5 rings (SSSR count). The van der Waals surface area contributed by atoms with Gasteiger partial charge in [0.2, 0.25) is 5.91 Å². The molecule has 2 heterocycles. The van der Waals surface area contributed by atoms with Crippen molar-refractivity contribution in [3.05, 3.63) is 95.4 Å². The number of anilines is 1. The first kappa shape index (κ1) is 23.4. The van der Waals surface area contributed by atoms with Crippen molar-refractivity contribution < 1.29 is 13.9 Å². The number of benzene rings is 3. The first-order chi connectivity index (χ1) is 17.4. The topological polar surface area (TPSA) is 64.4 Å². The molecule has 5 heteroatoms. The fourth-order valence-electron chi connectivity index (χ4n) is 4.80. The summed E-state index contributed by atoms with van der Waals surface area (Å²) in [4.78, 5) is 17.3. The molecule has 0 bridgehead atoms. The van der Waals surface area contributed by atoms with E-state index < -0.39 is 0 Å². The van der Waals surface area contributed by atoms with Crippen molar-refractivity contribution in [2.45, 2.75) is 27.7 Å². The smallest absolute Gasteiger partial charge is 0.248 e. The van der Waals surface area contributed by atoms with Crippen LogP contribution in [0.2, 0.25) is 0 Å². The summed E-state index contributed by atoms with van der Waals surface area (Å²) in [5, 5.41) is 4.93. The average molecular weight is 477 g/mol. The molecule has 0 saturated heterocycles. The summed E-state index contributed by atoms with van der Waals surface area (Å²) in [6.07, 6.45) is 5.16. The summed E-state index contributed by atoms with van der Waals surface area (Å²) in [5.74, 6) is 0.486. The third-order valence-electron chi connectivity index (χ3n) is 6.56. The Morgan fingerprint density at radius 1 is 1.03 bits per heavy atom. The first-order valence-electron chi connectivity index (χ1n) is 11.9. The zero-order valence-electron chi connectivity index (χ0n) is 21.1. The molecule has 0 radical (unpaired) electrons. The molecule has 180 valence electrons. The molecule has 1 N–H and O–H groups in total. The summed E-state index contributed by atoms with van der Waals surface area (Å²) < 4.78 is 11.8. The Balaban J connectivity index is 1.53. The second-order valence-corrected chi connectivity index (χ2v) is 9.15. The number of nitrogens with one attached hydrogen (secondary N) is 1. The van der Waals surface area contributed by atoms with Crippen LogP contribution in [0.25, 0.3) is 38.6 Å². The number of carbonyl (C=O) groups is 1. The van der Waals surface area contributed by atoms with Crippen LogP contribution in [0.3, 0.4) is 0 Å². The molecule has 0 saturated carbocycles. The molecular weight excluding hydrogens is 448 g/mol. The van der Waals surface area contributed by atoms with Crippen molar-refractivity contribution in [2.24, 2.45) is 0 Å². The maximum Gasteiger partial charge on any atom is 0.248 e. The quantitative estimate of drug-likeness (QED) is 0.265. The van der Waals surface area contributed by atoms with Crippen molar-refractivity contribution in [3.8, 4) is 16.9 Å². The van der Waals surface area contributed by atoms with Crippen molar-refractivity contribution in [1.29, 1.82) is 0 Å². The van der Waals surface area contributed by atoms with Gasteiger partial charge < -0.3 is 14.5 Å². The lowest BCUT2D eigenvalue weighted by atomic mass is 9.94. The number of carbonyl (C=O) groups excluding carboxylic acids is 1. The molecule has 3 aromatic carbocycles. The number of fused-ring (bicyclic) bond motifs is 2. The average Bonchev–Trinajstić information content (AvgIpc) is 3.28. The molecular formula is C31H28N2O3. The second-order valence-electron chi connectivity index (χ2n) is 9.15. The lowest BCUT2D eigenvalue weighted by Gasteiger charge is -2.14. The van der Waals surface area contributed by atoms with Gasteiger partial charge in [-0.25, -0.2) is 0 Å².